The van der Waals surface area contributed by atoms with Crippen molar-refractivity contribution < 1.29 is 4.79 Å². The number of thiazole rings is 1. The van der Waals surface area contributed by atoms with Crippen LogP contribution in [0.2, 0.25) is 0 Å². The van der Waals surface area contributed by atoms with Crippen LogP contribution in [0.5, 0.6) is 0 Å². The average Bonchev–Trinajstić information content (AvgIpc) is 3.20. The first-order valence-electron chi connectivity index (χ1n) is 10.2. The molecule has 0 radical (unpaired) electrons. The lowest BCUT2D eigenvalue weighted by atomic mass is 10.1. The SMILES string of the molecule is CCN(CC)Cc1ccc(CNC(=O)Cc2csc(-c3ccc(C)cc3)n2)cc1. The van der Waals surface area contributed by atoms with E-state index in [4.69, 9.17) is 0 Å². The third kappa shape index (κ3) is 6.24. The molecule has 5 heteroatoms. The van der Waals surface area contributed by atoms with Crippen molar-refractivity contribution in [2.75, 3.05) is 13.1 Å². The van der Waals surface area contributed by atoms with Gasteiger partial charge in [-0.3, -0.25) is 9.69 Å². The highest BCUT2D eigenvalue weighted by Gasteiger charge is 2.09. The summed E-state index contributed by atoms with van der Waals surface area (Å²) in [6, 6.07) is 16.8. The van der Waals surface area contributed by atoms with Crippen LogP contribution in [0.4, 0.5) is 0 Å². The number of rotatable bonds is 9. The van der Waals surface area contributed by atoms with Crippen molar-refractivity contribution in [2.24, 2.45) is 0 Å². The molecule has 0 atom stereocenters. The number of aryl methyl sites for hydroxylation is 1. The largest absolute Gasteiger partial charge is 0.352 e. The normalized spacial score (nSPS) is 11.0. The molecule has 1 N–H and O–H groups in total. The van der Waals surface area contributed by atoms with E-state index < -0.39 is 0 Å². The predicted octanol–water partition coefficient (Wildman–Crippen LogP) is 4.82. The van der Waals surface area contributed by atoms with Crippen LogP contribution >= 0.6 is 11.3 Å². The van der Waals surface area contributed by atoms with Gasteiger partial charge in [-0.25, -0.2) is 4.98 Å². The van der Waals surface area contributed by atoms with Gasteiger partial charge >= 0.3 is 0 Å². The van der Waals surface area contributed by atoms with Crippen molar-refractivity contribution in [3.63, 3.8) is 0 Å². The van der Waals surface area contributed by atoms with Gasteiger partial charge in [0.05, 0.1) is 12.1 Å². The van der Waals surface area contributed by atoms with Gasteiger partial charge in [0.2, 0.25) is 5.91 Å². The highest BCUT2D eigenvalue weighted by Crippen LogP contribution is 2.24. The second-order valence-corrected chi connectivity index (χ2v) is 8.10. The van der Waals surface area contributed by atoms with E-state index in [0.29, 0.717) is 13.0 Å². The number of amides is 1. The van der Waals surface area contributed by atoms with Crippen LogP contribution in [0.1, 0.15) is 36.2 Å². The molecular formula is C24H29N3OS. The first-order chi connectivity index (χ1) is 14.1. The smallest absolute Gasteiger partial charge is 0.226 e. The molecule has 0 spiro atoms. The van der Waals surface area contributed by atoms with Crippen LogP contribution in [0.25, 0.3) is 10.6 Å². The van der Waals surface area contributed by atoms with Crippen LogP contribution in [0.3, 0.4) is 0 Å². The Bertz CT molecular complexity index is 912. The summed E-state index contributed by atoms with van der Waals surface area (Å²) in [5.41, 5.74) is 5.55. The van der Waals surface area contributed by atoms with Gasteiger partial charge in [0, 0.05) is 24.0 Å². The van der Waals surface area contributed by atoms with E-state index in [9.17, 15) is 4.79 Å². The molecular weight excluding hydrogens is 378 g/mol. The van der Waals surface area contributed by atoms with Crippen molar-refractivity contribution in [3.8, 4) is 10.6 Å². The van der Waals surface area contributed by atoms with Crippen LogP contribution in [0.15, 0.2) is 53.9 Å². The lowest BCUT2D eigenvalue weighted by molar-refractivity contribution is -0.120. The van der Waals surface area contributed by atoms with Crippen molar-refractivity contribution >= 4 is 17.2 Å². The minimum atomic E-state index is -0.00188. The maximum atomic E-state index is 12.3. The second-order valence-electron chi connectivity index (χ2n) is 7.24. The Morgan fingerprint density at radius 2 is 1.66 bits per heavy atom. The molecule has 29 heavy (non-hydrogen) atoms. The van der Waals surface area contributed by atoms with Gasteiger partial charge in [-0.15, -0.1) is 11.3 Å². The third-order valence-electron chi connectivity index (χ3n) is 5.01. The first-order valence-corrected chi connectivity index (χ1v) is 11.0. The third-order valence-corrected chi connectivity index (χ3v) is 5.95. The second kappa shape index (κ2) is 10.3. The minimum absolute atomic E-state index is 0.00188. The number of carbonyl (C=O) groups is 1. The van der Waals surface area contributed by atoms with Crippen LogP contribution < -0.4 is 5.32 Å². The van der Waals surface area contributed by atoms with E-state index in [2.05, 4.69) is 84.5 Å². The standard InChI is InChI=1S/C24H29N3OS/c1-4-27(5-2)16-20-10-8-19(9-11-20)15-25-23(28)14-22-17-29-24(26-22)21-12-6-18(3)7-13-21/h6-13,17H,4-5,14-16H2,1-3H3,(H,25,28). The number of benzene rings is 2. The average molecular weight is 408 g/mol. The molecule has 0 aliphatic carbocycles. The van der Waals surface area contributed by atoms with E-state index in [1.165, 1.54) is 11.1 Å². The Hall–Kier alpha value is -2.50. The number of nitrogens with zero attached hydrogens (tertiary/aromatic N) is 2. The summed E-state index contributed by atoms with van der Waals surface area (Å²) < 4.78 is 0. The maximum absolute atomic E-state index is 12.3. The molecule has 1 amide bonds. The molecule has 0 bridgehead atoms. The fraction of sp³-hybridized carbons (Fsp3) is 0.333. The zero-order chi connectivity index (χ0) is 20.6. The van der Waals surface area contributed by atoms with Crippen molar-refractivity contribution in [1.82, 2.24) is 15.2 Å². The van der Waals surface area contributed by atoms with Gasteiger partial charge in [0.25, 0.3) is 0 Å². The molecule has 1 aromatic heterocycles. The topological polar surface area (TPSA) is 45.2 Å². The summed E-state index contributed by atoms with van der Waals surface area (Å²) in [7, 11) is 0. The Morgan fingerprint density at radius 3 is 2.31 bits per heavy atom. The van der Waals surface area contributed by atoms with Gasteiger partial charge in [0.15, 0.2) is 0 Å². The Labute approximate surface area is 177 Å². The summed E-state index contributed by atoms with van der Waals surface area (Å²) >= 11 is 1.58. The molecule has 3 rings (SSSR count). The molecule has 0 saturated carbocycles. The zero-order valence-electron chi connectivity index (χ0n) is 17.4. The highest BCUT2D eigenvalue weighted by atomic mass is 32.1. The monoisotopic (exact) mass is 407 g/mol. The summed E-state index contributed by atoms with van der Waals surface area (Å²) in [5.74, 6) is -0.00188. The number of nitrogens with one attached hydrogen (secondary N) is 1. The molecule has 2 aromatic carbocycles. The summed E-state index contributed by atoms with van der Waals surface area (Å²) in [6.45, 7) is 10.0. The van der Waals surface area contributed by atoms with E-state index in [1.807, 2.05) is 5.38 Å². The fourth-order valence-electron chi connectivity index (χ4n) is 3.11. The molecule has 4 nitrogen and oxygen atoms in total. The molecule has 0 aliphatic heterocycles. The number of aromatic nitrogens is 1. The van der Waals surface area contributed by atoms with Crippen LogP contribution in [0, 0.1) is 6.92 Å². The van der Waals surface area contributed by atoms with Gasteiger partial charge in [-0.1, -0.05) is 67.9 Å². The highest BCUT2D eigenvalue weighted by molar-refractivity contribution is 7.13. The summed E-state index contributed by atoms with van der Waals surface area (Å²) in [4.78, 5) is 19.3. The van der Waals surface area contributed by atoms with Gasteiger partial charge in [0.1, 0.15) is 5.01 Å². The zero-order valence-corrected chi connectivity index (χ0v) is 18.3. The molecule has 0 aliphatic rings. The first kappa shape index (κ1) is 21.2. The molecule has 0 saturated heterocycles. The molecule has 3 aromatic rings. The van der Waals surface area contributed by atoms with E-state index in [0.717, 1.165) is 41.5 Å². The predicted molar refractivity (Wildman–Crippen MR) is 121 cm³/mol. The van der Waals surface area contributed by atoms with E-state index in [1.54, 1.807) is 11.3 Å². The molecule has 1 heterocycles. The van der Waals surface area contributed by atoms with Gasteiger partial charge in [-0.2, -0.15) is 0 Å². The molecule has 152 valence electrons. The lowest BCUT2D eigenvalue weighted by Crippen LogP contribution is -2.24. The van der Waals surface area contributed by atoms with Crippen LogP contribution in [-0.2, 0) is 24.3 Å². The number of carbonyl (C=O) groups excluding carboxylic acids is 1. The molecule has 0 unspecified atom stereocenters. The Balaban J connectivity index is 1.49. The van der Waals surface area contributed by atoms with Crippen molar-refractivity contribution in [3.05, 3.63) is 76.3 Å². The van der Waals surface area contributed by atoms with E-state index >= 15 is 0 Å². The molecule has 0 fully saturated rings. The van der Waals surface area contributed by atoms with Gasteiger partial charge < -0.3 is 5.32 Å². The van der Waals surface area contributed by atoms with Crippen LogP contribution in [-0.4, -0.2) is 28.9 Å². The van der Waals surface area contributed by atoms with Gasteiger partial charge in [-0.05, 0) is 31.1 Å². The van der Waals surface area contributed by atoms with E-state index in [-0.39, 0.29) is 5.91 Å². The quantitative estimate of drug-likeness (QED) is 0.553. The summed E-state index contributed by atoms with van der Waals surface area (Å²) in [5, 5.41) is 5.93. The fourth-order valence-corrected chi connectivity index (χ4v) is 3.94. The van der Waals surface area contributed by atoms with Crippen molar-refractivity contribution in [2.45, 2.75) is 40.3 Å². The lowest BCUT2D eigenvalue weighted by Gasteiger charge is -2.18. The Morgan fingerprint density at radius 1 is 1.00 bits per heavy atom. The summed E-state index contributed by atoms with van der Waals surface area (Å²) in [6.07, 6.45) is 0.308. The van der Waals surface area contributed by atoms with Crippen molar-refractivity contribution in [1.29, 1.82) is 0 Å². The minimum Gasteiger partial charge on any atom is -0.352 e. The number of hydrogen-bond acceptors (Lipinski definition) is 4. The maximum Gasteiger partial charge on any atom is 0.226 e. The Kier molecular flexibility index (Phi) is 7.55. The number of hydrogen-bond donors (Lipinski definition) is 1.